The highest BCUT2D eigenvalue weighted by atomic mass is 35.5. The van der Waals surface area contributed by atoms with Crippen LogP contribution in [-0.2, 0) is 9.59 Å². The molecule has 0 spiro atoms. The molecule has 1 atom stereocenters. The third kappa shape index (κ3) is 4.42. The van der Waals surface area contributed by atoms with Crippen molar-refractivity contribution in [2.45, 2.75) is 11.7 Å². The summed E-state index contributed by atoms with van der Waals surface area (Å²) < 4.78 is 12.9. The quantitative estimate of drug-likeness (QED) is 0.854. The molecule has 0 radical (unpaired) electrons. The van der Waals surface area contributed by atoms with Gasteiger partial charge in [-0.3, -0.25) is 14.5 Å². The lowest BCUT2D eigenvalue weighted by atomic mass is 10.2. The molecule has 134 valence electrons. The monoisotopic (exact) mass is 391 g/mol. The first-order valence-electron chi connectivity index (χ1n) is 7.76. The number of nitrogens with zero attached hydrogens (tertiary/aromatic N) is 2. The Labute approximate surface area is 159 Å². The highest BCUT2D eigenvalue weighted by Gasteiger charge is 2.36. The SMILES string of the molecule is CN1C(=O)[C@H](CC(=O)Nc2ccc(F)cc2)SC1=Nc1ccc(Cl)cc1. The Bertz CT molecular complexity index is 856. The lowest BCUT2D eigenvalue weighted by molar-refractivity contribution is -0.127. The van der Waals surface area contributed by atoms with Crippen LogP contribution in [0.1, 0.15) is 6.42 Å². The molecule has 0 saturated carbocycles. The van der Waals surface area contributed by atoms with Gasteiger partial charge in [0.05, 0.1) is 5.69 Å². The number of nitrogens with one attached hydrogen (secondary N) is 1. The molecule has 2 aromatic rings. The fourth-order valence-corrected chi connectivity index (χ4v) is 3.62. The Hall–Kier alpha value is -2.38. The van der Waals surface area contributed by atoms with E-state index in [-0.39, 0.29) is 24.1 Å². The second kappa shape index (κ2) is 7.88. The molecular formula is C18H15ClFN3O2S. The van der Waals surface area contributed by atoms with E-state index in [1.54, 1.807) is 31.3 Å². The van der Waals surface area contributed by atoms with Crippen LogP contribution in [-0.4, -0.2) is 34.2 Å². The summed E-state index contributed by atoms with van der Waals surface area (Å²) >= 11 is 7.09. The number of halogens is 2. The highest BCUT2D eigenvalue weighted by molar-refractivity contribution is 8.15. The molecule has 2 aromatic carbocycles. The number of hydrogen-bond acceptors (Lipinski definition) is 4. The fourth-order valence-electron chi connectivity index (χ4n) is 2.34. The number of carbonyl (C=O) groups is 2. The van der Waals surface area contributed by atoms with Crippen molar-refractivity contribution in [1.82, 2.24) is 4.90 Å². The molecule has 1 N–H and O–H groups in total. The molecular weight excluding hydrogens is 377 g/mol. The fraction of sp³-hybridized carbons (Fsp3) is 0.167. The first kappa shape index (κ1) is 18.4. The van der Waals surface area contributed by atoms with Gasteiger partial charge < -0.3 is 5.32 Å². The molecule has 5 nitrogen and oxygen atoms in total. The molecule has 26 heavy (non-hydrogen) atoms. The Kier molecular flexibility index (Phi) is 5.58. The number of aliphatic imine (C=N–C) groups is 1. The van der Waals surface area contributed by atoms with Gasteiger partial charge in [0.15, 0.2) is 5.17 Å². The molecule has 1 aliphatic heterocycles. The number of carbonyl (C=O) groups excluding carboxylic acids is 2. The summed E-state index contributed by atoms with van der Waals surface area (Å²) in [5.41, 5.74) is 1.16. The van der Waals surface area contributed by atoms with Gasteiger partial charge in [-0.1, -0.05) is 23.4 Å². The molecule has 0 unspecified atom stereocenters. The molecule has 1 aliphatic rings. The summed E-state index contributed by atoms with van der Waals surface area (Å²) in [4.78, 5) is 30.4. The van der Waals surface area contributed by atoms with Gasteiger partial charge in [0, 0.05) is 24.2 Å². The Morgan fingerprint density at radius 1 is 1.23 bits per heavy atom. The number of thioether (sulfide) groups is 1. The molecule has 0 aromatic heterocycles. The van der Waals surface area contributed by atoms with Gasteiger partial charge in [-0.05, 0) is 48.5 Å². The third-order valence-corrected chi connectivity index (χ3v) is 5.17. The van der Waals surface area contributed by atoms with E-state index in [9.17, 15) is 14.0 Å². The zero-order valence-corrected chi connectivity index (χ0v) is 15.4. The maximum Gasteiger partial charge on any atom is 0.242 e. The second-order valence-corrected chi connectivity index (χ2v) is 7.24. The van der Waals surface area contributed by atoms with E-state index >= 15 is 0 Å². The van der Waals surface area contributed by atoms with E-state index in [1.807, 2.05) is 0 Å². The van der Waals surface area contributed by atoms with Gasteiger partial charge in [-0.15, -0.1) is 0 Å². The summed E-state index contributed by atoms with van der Waals surface area (Å²) in [6, 6.07) is 12.4. The number of amides is 2. The predicted octanol–water partition coefficient (Wildman–Crippen LogP) is 4.07. The van der Waals surface area contributed by atoms with Crippen LogP contribution in [0.4, 0.5) is 15.8 Å². The van der Waals surface area contributed by atoms with Crippen molar-refractivity contribution in [2.24, 2.45) is 4.99 Å². The Balaban J connectivity index is 1.65. The van der Waals surface area contributed by atoms with Crippen molar-refractivity contribution in [3.8, 4) is 0 Å². The van der Waals surface area contributed by atoms with E-state index in [2.05, 4.69) is 10.3 Å². The average molecular weight is 392 g/mol. The maximum absolute atomic E-state index is 12.9. The van der Waals surface area contributed by atoms with Gasteiger partial charge in [0.25, 0.3) is 0 Å². The number of hydrogen-bond donors (Lipinski definition) is 1. The van der Waals surface area contributed by atoms with Gasteiger partial charge in [0.2, 0.25) is 11.8 Å². The van der Waals surface area contributed by atoms with Crippen LogP contribution in [0.5, 0.6) is 0 Å². The first-order chi connectivity index (χ1) is 12.4. The molecule has 8 heteroatoms. The van der Waals surface area contributed by atoms with Gasteiger partial charge in [0.1, 0.15) is 11.1 Å². The maximum atomic E-state index is 12.9. The van der Waals surface area contributed by atoms with E-state index in [4.69, 9.17) is 11.6 Å². The van der Waals surface area contributed by atoms with Crippen LogP contribution in [0.2, 0.25) is 5.02 Å². The average Bonchev–Trinajstić information content (AvgIpc) is 2.87. The van der Waals surface area contributed by atoms with Crippen LogP contribution >= 0.6 is 23.4 Å². The Morgan fingerprint density at radius 2 is 1.88 bits per heavy atom. The lowest BCUT2D eigenvalue weighted by Crippen LogP contribution is -2.30. The zero-order chi connectivity index (χ0) is 18.7. The van der Waals surface area contributed by atoms with Gasteiger partial charge in [-0.25, -0.2) is 9.38 Å². The van der Waals surface area contributed by atoms with Crippen molar-refractivity contribution in [2.75, 3.05) is 12.4 Å². The number of benzene rings is 2. The van der Waals surface area contributed by atoms with Crippen LogP contribution in [0, 0.1) is 5.82 Å². The van der Waals surface area contributed by atoms with E-state index in [1.165, 1.54) is 40.9 Å². The topological polar surface area (TPSA) is 61.8 Å². The minimum Gasteiger partial charge on any atom is -0.326 e. The van der Waals surface area contributed by atoms with Gasteiger partial charge in [-0.2, -0.15) is 0 Å². The Morgan fingerprint density at radius 3 is 2.54 bits per heavy atom. The van der Waals surface area contributed by atoms with E-state index in [0.717, 1.165) is 0 Å². The highest BCUT2D eigenvalue weighted by Crippen LogP contribution is 2.31. The zero-order valence-electron chi connectivity index (χ0n) is 13.8. The molecule has 1 heterocycles. The molecule has 2 amide bonds. The standard InChI is InChI=1S/C18H15ClFN3O2S/c1-23-17(25)15(10-16(24)21-13-8-4-12(20)5-9-13)26-18(23)22-14-6-2-11(19)3-7-14/h2-9,15H,10H2,1H3,(H,21,24)/t15-/m0/s1. The summed E-state index contributed by atoms with van der Waals surface area (Å²) in [5, 5.41) is 3.24. The summed E-state index contributed by atoms with van der Waals surface area (Å²) in [6.07, 6.45) is 0.00482. The third-order valence-electron chi connectivity index (χ3n) is 3.69. The lowest BCUT2D eigenvalue weighted by Gasteiger charge is -2.09. The number of anilines is 1. The molecule has 0 bridgehead atoms. The van der Waals surface area contributed by atoms with Crippen molar-refractivity contribution in [3.63, 3.8) is 0 Å². The predicted molar refractivity (Wildman–Crippen MR) is 102 cm³/mol. The largest absolute Gasteiger partial charge is 0.326 e. The number of amidine groups is 1. The minimum absolute atomic E-state index is 0.00482. The molecule has 3 rings (SSSR count). The first-order valence-corrected chi connectivity index (χ1v) is 9.02. The van der Waals surface area contributed by atoms with Crippen LogP contribution in [0.25, 0.3) is 0 Å². The number of rotatable bonds is 4. The summed E-state index contributed by atoms with van der Waals surface area (Å²) in [5.74, 6) is -0.880. The van der Waals surface area contributed by atoms with Crippen LogP contribution < -0.4 is 5.32 Å². The van der Waals surface area contributed by atoms with E-state index in [0.29, 0.717) is 21.6 Å². The summed E-state index contributed by atoms with van der Waals surface area (Å²) in [6.45, 7) is 0. The van der Waals surface area contributed by atoms with Gasteiger partial charge >= 0.3 is 0 Å². The summed E-state index contributed by atoms with van der Waals surface area (Å²) in [7, 11) is 1.63. The van der Waals surface area contributed by atoms with Crippen LogP contribution in [0.3, 0.4) is 0 Å². The van der Waals surface area contributed by atoms with Crippen molar-refractivity contribution < 1.29 is 14.0 Å². The smallest absolute Gasteiger partial charge is 0.242 e. The molecule has 1 saturated heterocycles. The second-order valence-electron chi connectivity index (χ2n) is 5.63. The van der Waals surface area contributed by atoms with Crippen molar-refractivity contribution in [3.05, 3.63) is 59.4 Å². The van der Waals surface area contributed by atoms with Crippen molar-refractivity contribution >= 4 is 51.7 Å². The van der Waals surface area contributed by atoms with E-state index < -0.39 is 5.25 Å². The van der Waals surface area contributed by atoms with Crippen LogP contribution in [0.15, 0.2) is 53.5 Å². The molecule has 0 aliphatic carbocycles. The molecule has 1 fully saturated rings. The normalized spacial score (nSPS) is 18.4. The minimum atomic E-state index is -0.550. The van der Waals surface area contributed by atoms with Crippen molar-refractivity contribution in [1.29, 1.82) is 0 Å².